The maximum absolute atomic E-state index is 4.87. The van der Waals surface area contributed by atoms with Crippen LogP contribution < -0.4 is 5.32 Å². The number of hydrogen-bond acceptors (Lipinski definition) is 4. The van der Waals surface area contributed by atoms with Crippen LogP contribution in [0.3, 0.4) is 0 Å². The summed E-state index contributed by atoms with van der Waals surface area (Å²) in [5.41, 5.74) is 3.78. The van der Waals surface area contributed by atoms with Crippen LogP contribution in [0.4, 0.5) is 5.82 Å². The van der Waals surface area contributed by atoms with Crippen molar-refractivity contribution in [1.82, 2.24) is 9.97 Å². The van der Waals surface area contributed by atoms with Crippen molar-refractivity contribution in [3.8, 4) is 11.3 Å². The zero-order chi connectivity index (χ0) is 16.8. The predicted octanol–water partition coefficient (Wildman–Crippen LogP) is 5.71. The molecule has 1 N–H and O–H groups in total. The smallest absolute Gasteiger partial charge is 0.153 e. The Hall–Kier alpha value is -2.98. The summed E-state index contributed by atoms with van der Waals surface area (Å²) in [4.78, 5) is 9.59. The summed E-state index contributed by atoms with van der Waals surface area (Å²) in [5.74, 6) is 0.803. The van der Waals surface area contributed by atoms with Gasteiger partial charge in [-0.15, -0.1) is 11.3 Å². The Kier molecular flexibility index (Phi) is 3.18. The van der Waals surface area contributed by atoms with Crippen molar-refractivity contribution in [3.05, 3.63) is 66.7 Å². The summed E-state index contributed by atoms with van der Waals surface area (Å²) in [6, 6.07) is 23.1. The molecular formula is C21H15N3S. The molecule has 0 aliphatic carbocycles. The summed E-state index contributed by atoms with van der Waals surface area (Å²) < 4.78 is 2.61. The lowest BCUT2D eigenvalue weighted by Gasteiger charge is -2.09. The van der Waals surface area contributed by atoms with Crippen molar-refractivity contribution in [2.24, 2.45) is 0 Å². The molecule has 0 fully saturated rings. The van der Waals surface area contributed by atoms with Crippen LogP contribution in [0.15, 0.2) is 66.7 Å². The summed E-state index contributed by atoms with van der Waals surface area (Å²) >= 11 is 1.83. The SMILES string of the molecule is CNc1nc2ccccc2nc1-c1ccc2sc3ccccc3c2c1. The number of anilines is 1. The third kappa shape index (κ3) is 2.26. The van der Waals surface area contributed by atoms with Crippen LogP contribution in [0, 0.1) is 0 Å². The number of benzene rings is 3. The van der Waals surface area contributed by atoms with Crippen molar-refractivity contribution in [3.63, 3.8) is 0 Å². The molecule has 120 valence electrons. The number of para-hydroxylation sites is 2. The van der Waals surface area contributed by atoms with E-state index in [1.54, 1.807) is 0 Å². The number of nitrogens with zero attached hydrogens (tertiary/aromatic N) is 2. The van der Waals surface area contributed by atoms with Gasteiger partial charge in [0.05, 0.1) is 11.0 Å². The van der Waals surface area contributed by atoms with Gasteiger partial charge in [-0.2, -0.15) is 0 Å². The first-order valence-electron chi connectivity index (χ1n) is 8.20. The Morgan fingerprint density at radius 2 is 1.48 bits per heavy atom. The van der Waals surface area contributed by atoms with Gasteiger partial charge >= 0.3 is 0 Å². The van der Waals surface area contributed by atoms with E-state index in [1.807, 2.05) is 42.6 Å². The highest BCUT2D eigenvalue weighted by Crippen LogP contribution is 2.37. The normalized spacial score (nSPS) is 11.4. The van der Waals surface area contributed by atoms with Gasteiger partial charge in [-0.1, -0.05) is 36.4 Å². The molecule has 25 heavy (non-hydrogen) atoms. The molecule has 0 aliphatic rings. The fourth-order valence-electron chi connectivity index (χ4n) is 3.25. The molecule has 2 aromatic heterocycles. The number of rotatable bonds is 2. The van der Waals surface area contributed by atoms with Gasteiger partial charge in [-0.3, -0.25) is 0 Å². The Labute approximate surface area is 149 Å². The van der Waals surface area contributed by atoms with Crippen LogP contribution in [-0.2, 0) is 0 Å². The van der Waals surface area contributed by atoms with Crippen LogP contribution in [0.25, 0.3) is 42.5 Å². The second kappa shape index (κ2) is 5.53. The van der Waals surface area contributed by atoms with Crippen molar-refractivity contribution < 1.29 is 0 Å². The van der Waals surface area contributed by atoms with E-state index in [1.165, 1.54) is 20.2 Å². The van der Waals surface area contributed by atoms with Gasteiger partial charge in [0.1, 0.15) is 5.69 Å². The number of aromatic nitrogens is 2. The van der Waals surface area contributed by atoms with Gasteiger partial charge in [-0.25, -0.2) is 9.97 Å². The maximum Gasteiger partial charge on any atom is 0.153 e. The van der Waals surface area contributed by atoms with Crippen LogP contribution in [0.2, 0.25) is 0 Å². The highest BCUT2D eigenvalue weighted by atomic mass is 32.1. The second-order valence-electron chi connectivity index (χ2n) is 5.97. The van der Waals surface area contributed by atoms with Gasteiger partial charge < -0.3 is 5.32 Å². The monoisotopic (exact) mass is 341 g/mol. The molecule has 0 atom stereocenters. The molecule has 0 unspecified atom stereocenters. The van der Waals surface area contributed by atoms with E-state index in [9.17, 15) is 0 Å². The third-order valence-corrected chi connectivity index (χ3v) is 5.61. The molecular weight excluding hydrogens is 326 g/mol. The van der Waals surface area contributed by atoms with Crippen LogP contribution >= 0.6 is 11.3 Å². The van der Waals surface area contributed by atoms with Crippen molar-refractivity contribution in [2.75, 3.05) is 12.4 Å². The van der Waals surface area contributed by atoms with E-state index in [4.69, 9.17) is 9.97 Å². The number of hydrogen-bond donors (Lipinski definition) is 1. The first-order chi connectivity index (χ1) is 12.3. The Morgan fingerprint density at radius 1 is 0.760 bits per heavy atom. The van der Waals surface area contributed by atoms with Crippen molar-refractivity contribution in [2.45, 2.75) is 0 Å². The van der Waals surface area contributed by atoms with Crippen LogP contribution in [0.1, 0.15) is 0 Å². The van der Waals surface area contributed by atoms with Crippen molar-refractivity contribution in [1.29, 1.82) is 0 Å². The molecule has 0 aliphatic heterocycles. The minimum Gasteiger partial charge on any atom is -0.371 e. The van der Waals surface area contributed by atoms with Crippen LogP contribution in [-0.4, -0.2) is 17.0 Å². The summed E-state index contributed by atoms with van der Waals surface area (Å²) in [7, 11) is 1.89. The molecule has 0 radical (unpaired) electrons. The second-order valence-corrected chi connectivity index (χ2v) is 7.05. The molecule has 0 saturated heterocycles. The first kappa shape index (κ1) is 14.4. The van der Waals surface area contributed by atoms with Gasteiger partial charge in [0.25, 0.3) is 0 Å². The fraction of sp³-hybridized carbons (Fsp3) is 0.0476. The zero-order valence-electron chi connectivity index (χ0n) is 13.7. The molecule has 5 rings (SSSR count). The van der Waals surface area contributed by atoms with Crippen molar-refractivity contribution >= 4 is 48.4 Å². The highest BCUT2D eigenvalue weighted by Gasteiger charge is 2.12. The average Bonchev–Trinajstić information content (AvgIpc) is 3.04. The van der Waals surface area contributed by atoms with E-state index in [0.717, 1.165) is 28.1 Å². The molecule has 5 aromatic rings. The number of thiophene rings is 1. The Morgan fingerprint density at radius 3 is 2.32 bits per heavy atom. The molecule has 0 saturated carbocycles. The van der Waals surface area contributed by atoms with E-state index in [2.05, 4.69) is 47.8 Å². The molecule has 3 aromatic carbocycles. The highest BCUT2D eigenvalue weighted by molar-refractivity contribution is 7.25. The molecule has 4 heteroatoms. The lowest BCUT2D eigenvalue weighted by atomic mass is 10.1. The van der Waals surface area contributed by atoms with Gasteiger partial charge in [-0.05, 0) is 30.3 Å². The van der Waals surface area contributed by atoms with Gasteiger partial charge in [0.2, 0.25) is 0 Å². The maximum atomic E-state index is 4.87. The molecule has 0 spiro atoms. The topological polar surface area (TPSA) is 37.8 Å². The minimum absolute atomic E-state index is 0.803. The Bertz CT molecular complexity index is 1240. The summed E-state index contributed by atoms with van der Waals surface area (Å²) in [6.45, 7) is 0. The molecule has 0 amide bonds. The van der Waals surface area contributed by atoms with Gasteiger partial charge in [0.15, 0.2) is 5.82 Å². The largest absolute Gasteiger partial charge is 0.371 e. The predicted molar refractivity (Wildman–Crippen MR) is 107 cm³/mol. The fourth-order valence-corrected chi connectivity index (χ4v) is 4.34. The number of nitrogens with one attached hydrogen (secondary N) is 1. The summed E-state index contributed by atoms with van der Waals surface area (Å²) in [6.07, 6.45) is 0. The van der Waals surface area contributed by atoms with Gasteiger partial charge in [0, 0.05) is 32.8 Å². The van der Waals surface area contributed by atoms with E-state index >= 15 is 0 Å². The Balaban J connectivity index is 1.80. The third-order valence-electron chi connectivity index (χ3n) is 4.46. The standard InChI is InChI=1S/C21H15N3S/c1-22-21-20(23-16-7-3-4-8-17(16)24-21)13-10-11-19-15(12-13)14-6-2-5-9-18(14)25-19/h2-12H,1H3,(H,22,24). The molecule has 2 heterocycles. The molecule has 3 nitrogen and oxygen atoms in total. The minimum atomic E-state index is 0.803. The number of fused-ring (bicyclic) bond motifs is 4. The van der Waals surface area contributed by atoms with E-state index < -0.39 is 0 Å². The summed E-state index contributed by atoms with van der Waals surface area (Å²) in [5, 5.41) is 5.76. The average molecular weight is 341 g/mol. The lowest BCUT2D eigenvalue weighted by molar-refractivity contribution is 1.27. The first-order valence-corrected chi connectivity index (χ1v) is 9.01. The lowest BCUT2D eigenvalue weighted by Crippen LogP contribution is -1.99. The van der Waals surface area contributed by atoms with Crippen LogP contribution in [0.5, 0.6) is 0 Å². The van der Waals surface area contributed by atoms with E-state index in [0.29, 0.717) is 0 Å². The molecule has 0 bridgehead atoms. The zero-order valence-corrected chi connectivity index (χ0v) is 14.5. The quantitative estimate of drug-likeness (QED) is 0.447. The van der Waals surface area contributed by atoms with E-state index in [-0.39, 0.29) is 0 Å².